The van der Waals surface area contributed by atoms with E-state index < -0.39 is 16.0 Å². The number of hydrogen-bond acceptors (Lipinski definition) is 3. The average molecular weight is 348 g/mol. The van der Waals surface area contributed by atoms with Crippen LogP contribution in [0.3, 0.4) is 0 Å². The summed E-state index contributed by atoms with van der Waals surface area (Å²) in [5, 5.41) is 9.07. The molecule has 0 saturated heterocycles. The summed E-state index contributed by atoms with van der Waals surface area (Å²) in [6.07, 6.45) is 0.521. The second-order valence-corrected chi connectivity index (χ2v) is 6.71. The molecule has 0 heterocycles. The van der Waals surface area contributed by atoms with Gasteiger partial charge in [0.15, 0.2) is 0 Å². The Morgan fingerprint density at radius 1 is 1.47 bits per heavy atom. The third-order valence-corrected chi connectivity index (χ3v) is 4.14. The molecular weight excluding hydrogens is 334 g/mol. The van der Waals surface area contributed by atoms with Crippen LogP contribution in [0.2, 0.25) is 0 Å². The largest absolute Gasteiger partial charge is 0.478 e. The minimum atomic E-state index is -3.74. The van der Waals surface area contributed by atoms with Gasteiger partial charge in [-0.2, -0.15) is 0 Å². The van der Waals surface area contributed by atoms with Gasteiger partial charge in [-0.25, -0.2) is 17.9 Å². The summed E-state index contributed by atoms with van der Waals surface area (Å²) in [4.78, 5) is 11.0. The van der Waals surface area contributed by atoms with Gasteiger partial charge in [-0.3, -0.25) is 0 Å². The molecule has 19 heavy (non-hydrogen) atoms. The van der Waals surface area contributed by atoms with Gasteiger partial charge in [-0.05, 0) is 24.1 Å². The Hall–Kier alpha value is -1.18. The van der Waals surface area contributed by atoms with Crippen LogP contribution in [0, 0.1) is 0 Å². The molecule has 5 nitrogen and oxygen atoms in total. The minimum absolute atomic E-state index is 0.00282. The van der Waals surface area contributed by atoms with Gasteiger partial charge in [-0.1, -0.05) is 35.5 Å². The summed E-state index contributed by atoms with van der Waals surface area (Å²) in [5.41, 5.74) is 0.597. The molecule has 0 aliphatic carbocycles. The zero-order chi connectivity index (χ0) is 14.6. The molecule has 7 heteroatoms. The first-order valence-electron chi connectivity index (χ1n) is 5.47. The highest BCUT2D eigenvalue weighted by Crippen LogP contribution is 2.17. The highest BCUT2D eigenvalue weighted by molar-refractivity contribution is 9.11. The van der Waals surface area contributed by atoms with Crippen molar-refractivity contribution in [1.82, 2.24) is 4.72 Å². The number of sulfonamides is 1. The zero-order valence-corrected chi connectivity index (χ0v) is 12.7. The Balaban J connectivity index is 3.18. The molecule has 104 valence electrons. The number of carboxylic acids is 1. The van der Waals surface area contributed by atoms with E-state index in [4.69, 9.17) is 5.11 Å². The van der Waals surface area contributed by atoms with Crippen LogP contribution in [0.5, 0.6) is 0 Å². The predicted molar refractivity (Wildman–Crippen MR) is 76.0 cm³/mol. The van der Waals surface area contributed by atoms with Crippen molar-refractivity contribution in [3.05, 3.63) is 40.4 Å². The number of carbonyl (C=O) groups is 1. The molecule has 0 atom stereocenters. The molecule has 0 aliphatic heterocycles. The van der Waals surface area contributed by atoms with Crippen LogP contribution >= 0.6 is 15.9 Å². The normalized spacial score (nSPS) is 11.3. The van der Waals surface area contributed by atoms with Crippen molar-refractivity contribution < 1.29 is 18.3 Å². The highest BCUT2D eigenvalue weighted by atomic mass is 79.9. The standard InChI is InChI=1S/C12H14BrNO4S/c1-3-9-4-5-10(6-11(9)12(15)16)19(17,18)14-7-8(2)13/h4-6,14H,2-3,7H2,1H3,(H,15,16). The molecule has 0 fully saturated rings. The van der Waals surface area contributed by atoms with Crippen molar-refractivity contribution in [2.45, 2.75) is 18.2 Å². The fourth-order valence-corrected chi connectivity index (χ4v) is 2.86. The van der Waals surface area contributed by atoms with Crippen molar-refractivity contribution in [2.75, 3.05) is 6.54 Å². The molecular formula is C12H14BrNO4S. The second kappa shape index (κ2) is 6.31. The van der Waals surface area contributed by atoms with Gasteiger partial charge in [0, 0.05) is 11.0 Å². The van der Waals surface area contributed by atoms with Gasteiger partial charge < -0.3 is 5.11 Å². The molecule has 0 aromatic heterocycles. The number of benzene rings is 1. The number of aryl methyl sites for hydroxylation is 1. The van der Waals surface area contributed by atoms with E-state index in [1.165, 1.54) is 18.2 Å². The molecule has 0 aliphatic rings. The number of halogens is 1. The molecule has 1 aromatic rings. The first-order valence-corrected chi connectivity index (χ1v) is 7.74. The van der Waals surface area contributed by atoms with Crippen molar-refractivity contribution in [1.29, 1.82) is 0 Å². The monoisotopic (exact) mass is 347 g/mol. The molecule has 2 N–H and O–H groups in total. The molecule has 0 amide bonds. The topological polar surface area (TPSA) is 83.5 Å². The fourth-order valence-electron chi connectivity index (χ4n) is 1.49. The van der Waals surface area contributed by atoms with E-state index in [0.717, 1.165) is 0 Å². The smallest absolute Gasteiger partial charge is 0.336 e. The third-order valence-electron chi connectivity index (χ3n) is 2.46. The summed E-state index contributed by atoms with van der Waals surface area (Å²) in [6.45, 7) is 5.37. The maximum Gasteiger partial charge on any atom is 0.336 e. The number of rotatable bonds is 6. The van der Waals surface area contributed by atoms with Crippen molar-refractivity contribution in [2.24, 2.45) is 0 Å². The minimum Gasteiger partial charge on any atom is -0.478 e. The molecule has 0 spiro atoms. The van der Waals surface area contributed by atoms with Crippen molar-refractivity contribution in [3.63, 3.8) is 0 Å². The van der Waals surface area contributed by atoms with Gasteiger partial charge in [0.2, 0.25) is 10.0 Å². The number of hydrogen-bond donors (Lipinski definition) is 2. The lowest BCUT2D eigenvalue weighted by molar-refractivity contribution is 0.0695. The maximum absolute atomic E-state index is 11.9. The molecule has 0 saturated carbocycles. The lowest BCUT2D eigenvalue weighted by atomic mass is 10.1. The zero-order valence-electron chi connectivity index (χ0n) is 10.3. The highest BCUT2D eigenvalue weighted by Gasteiger charge is 2.18. The SMILES string of the molecule is C=C(Br)CNS(=O)(=O)c1ccc(CC)c(C(=O)O)c1. The van der Waals surface area contributed by atoms with Crippen molar-refractivity contribution >= 4 is 31.9 Å². The van der Waals surface area contributed by atoms with Crippen LogP contribution in [0.1, 0.15) is 22.8 Å². The Morgan fingerprint density at radius 2 is 2.11 bits per heavy atom. The number of carboxylic acid groups (broad SMARTS) is 1. The molecule has 0 radical (unpaired) electrons. The Kier molecular flexibility index (Phi) is 5.28. The van der Waals surface area contributed by atoms with E-state index >= 15 is 0 Å². The lowest BCUT2D eigenvalue weighted by Gasteiger charge is -2.09. The second-order valence-electron chi connectivity index (χ2n) is 3.82. The predicted octanol–water partition coefficient (Wildman–Crippen LogP) is 2.13. The van der Waals surface area contributed by atoms with Crippen LogP contribution in [0.25, 0.3) is 0 Å². The quantitative estimate of drug-likeness (QED) is 0.825. The summed E-state index contributed by atoms with van der Waals surface area (Å²) in [5.74, 6) is -1.14. The summed E-state index contributed by atoms with van der Waals surface area (Å²) < 4.78 is 26.7. The van der Waals surface area contributed by atoms with Gasteiger partial charge in [-0.15, -0.1) is 0 Å². The van der Waals surface area contributed by atoms with Crippen molar-refractivity contribution in [3.8, 4) is 0 Å². The summed E-state index contributed by atoms with van der Waals surface area (Å²) in [7, 11) is -3.74. The first-order chi connectivity index (χ1) is 8.77. The van der Waals surface area contributed by atoms with E-state index in [-0.39, 0.29) is 17.0 Å². The van der Waals surface area contributed by atoms with Gasteiger partial charge in [0.25, 0.3) is 0 Å². The summed E-state index contributed by atoms with van der Waals surface area (Å²) in [6, 6.07) is 4.08. The third kappa shape index (κ3) is 4.15. The van der Waals surface area contributed by atoms with E-state index in [1.807, 2.05) is 6.92 Å². The molecule has 1 aromatic carbocycles. The summed E-state index contributed by atoms with van der Waals surface area (Å²) >= 11 is 3.04. The Morgan fingerprint density at radius 3 is 2.58 bits per heavy atom. The van der Waals surface area contributed by atoms with Gasteiger partial charge in [0.1, 0.15) is 0 Å². The molecule has 1 rings (SSSR count). The van der Waals surface area contributed by atoms with Crippen LogP contribution < -0.4 is 4.72 Å². The van der Waals surface area contributed by atoms with E-state index in [1.54, 1.807) is 0 Å². The van der Waals surface area contributed by atoms with E-state index in [9.17, 15) is 13.2 Å². The van der Waals surface area contributed by atoms with E-state index in [2.05, 4.69) is 27.2 Å². The fraction of sp³-hybridized carbons (Fsp3) is 0.250. The van der Waals surface area contributed by atoms with Crippen LogP contribution in [-0.2, 0) is 16.4 Å². The van der Waals surface area contributed by atoms with Crippen LogP contribution in [0.15, 0.2) is 34.2 Å². The maximum atomic E-state index is 11.9. The molecule has 0 bridgehead atoms. The van der Waals surface area contributed by atoms with Gasteiger partial charge >= 0.3 is 5.97 Å². The Bertz CT molecular complexity index is 610. The van der Waals surface area contributed by atoms with Crippen LogP contribution in [0.4, 0.5) is 0 Å². The lowest BCUT2D eigenvalue weighted by Crippen LogP contribution is -2.25. The van der Waals surface area contributed by atoms with Crippen LogP contribution in [-0.4, -0.2) is 26.0 Å². The van der Waals surface area contributed by atoms with E-state index in [0.29, 0.717) is 16.5 Å². The average Bonchev–Trinajstić information content (AvgIpc) is 2.35. The molecule has 0 unspecified atom stereocenters. The number of nitrogens with one attached hydrogen (secondary N) is 1. The Labute approximate surface area is 120 Å². The van der Waals surface area contributed by atoms with Gasteiger partial charge in [0.05, 0.1) is 10.5 Å². The first kappa shape index (κ1) is 15.9. The number of aromatic carboxylic acids is 1.